The summed E-state index contributed by atoms with van der Waals surface area (Å²) in [6, 6.07) is 5.53. The van der Waals surface area contributed by atoms with E-state index in [4.69, 9.17) is 10.5 Å². The molecule has 1 atom stereocenters. The van der Waals surface area contributed by atoms with Crippen LogP contribution in [0, 0.1) is 0 Å². The molecule has 6 heteroatoms. The zero-order valence-corrected chi connectivity index (χ0v) is 11.4. The Labute approximate surface area is 109 Å². The first-order valence-electron chi connectivity index (χ1n) is 5.52. The topological polar surface area (TPSA) is 81.4 Å². The lowest BCUT2D eigenvalue weighted by Gasteiger charge is -2.10. The van der Waals surface area contributed by atoms with E-state index < -0.39 is 10.8 Å². The van der Waals surface area contributed by atoms with Gasteiger partial charge in [0.2, 0.25) is 5.91 Å². The summed E-state index contributed by atoms with van der Waals surface area (Å²) < 4.78 is 17.0. The van der Waals surface area contributed by atoms with Crippen molar-refractivity contribution in [1.29, 1.82) is 0 Å². The lowest BCUT2D eigenvalue weighted by molar-refractivity contribution is -0.118. The highest BCUT2D eigenvalue weighted by atomic mass is 32.2. The van der Waals surface area contributed by atoms with Gasteiger partial charge >= 0.3 is 0 Å². The quantitative estimate of drug-likeness (QED) is 0.771. The molecule has 3 N–H and O–H groups in total. The minimum absolute atomic E-state index is 0.00743. The van der Waals surface area contributed by atoms with Gasteiger partial charge in [0.05, 0.1) is 12.9 Å². The van der Waals surface area contributed by atoms with E-state index in [0.29, 0.717) is 12.3 Å². The number of nitrogens with one attached hydrogen (secondary N) is 1. The molecule has 18 heavy (non-hydrogen) atoms. The minimum Gasteiger partial charge on any atom is -0.496 e. The largest absolute Gasteiger partial charge is 0.496 e. The molecule has 0 aromatic heterocycles. The van der Waals surface area contributed by atoms with Crippen LogP contribution in [0.25, 0.3) is 0 Å². The first kappa shape index (κ1) is 14.7. The average molecular weight is 270 g/mol. The van der Waals surface area contributed by atoms with E-state index in [9.17, 15) is 9.00 Å². The minimum atomic E-state index is -1.26. The average Bonchev–Trinajstić information content (AvgIpc) is 2.38. The highest BCUT2D eigenvalue weighted by molar-refractivity contribution is 7.84. The molecule has 0 radical (unpaired) electrons. The third-order valence-electron chi connectivity index (χ3n) is 2.47. The molecule has 1 amide bonds. The van der Waals surface area contributed by atoms with Gasteiger partial charge in [-0.3, -0.25) is 9.00 Å². The van der Waals surface area contributed by atoms with Gasteiger partial charge in [0.25, 0.3) is 0 Å². The van der Waals surface area contributed by atoms with Crippen LogP contribution in [-0.2, 0) is 27.9 Å². The maximum Gasteiger partial charge on any atom is 0.232 e. The SMILES string of the molecule is CNC(=O)CS(=O)Cc1cc(CN)ccc1OC. The molecule has 0 saturated heterocycles. The van der Waals surface area contributed by atoms with Crippen LogP contribution in [0.5, 0.6) is 5.75 Å². The molecular formula is C12H18N2O3S. The van der Waals surface area contributed by atoms with E-state index in [2.05, 4.69) is 5.32 Å². The number of amides is 1. The van der Waals surface area contributed by atoms with Gasteiger partial charge in [0.1, 0.15) is 11.5 Å². The summed E-state index contributed by atoms with van der Waals surface area (Å²) in [5.74, 6) is 0.705. The third kappa shape index (κ3) is 4.12. The summed E-state index contributed by atoms with van der Waals surface area (Å²) in [5.41, 5.74) is 7.32. The predicted molar refractivity (Wildman–Crippen MR) is 71.7 cm³/mol. The summed E-state index contributed by atoms with van der Waals surface area (Å²) in [6.07, 6.45) is 0. The van der Waals surface area contributed by atoms with Gasteiger partial charge in [-0.25, -0.2) is 0 Å². The second kappa shape index (κ2) is 7.13. The molecule has 1 rings (SSSR count). The van der Waals surface area contributed by atoms with Crippen molar-refractivity contribution in [2.75, 3.05) is 19.9 Å². The fraction of sp³-hybridized carbons (Fsp3) is 0.417. The number of carbonyl (C=O) groups is 1. The fourth-order valence-corrected chi connectivity index (χ4v) is 2.63. The van der Waals surface area contributed by atoms with Crippen molar-refractivity contribution in [2.24, 2.45) is 5.73 Å². The van der Waals surface area contributed by atoms with Gasteiger partial charge in [-0.05, 0) is 17.7 Å². The molecule has 1 aromatic carbocycles. The standard InChI is InChI=1S/C12H18N2O3S/c1-14-12(15)8-18(16)7-10-5-9(6-13)3-4-11(10)17-2/h3-5H,6-8,13H2,1-2H3,(H,14,15). The van der Waals surface area contributed by atoms with Crippen LogP contribution in [-0.4, -0.2) is 30.0 Å². The Morgan fingerprint density at radius 1 is 1.50 bits per heavy atom. The van der Waals surface area contributed by atoms with Crippen LogP contribution in [0.2, 0.25) is 0 Å². The number of hydrogen-bond donors (Lipinski definition) is 2. The van der Waals surface area contributed by atoms with Crippen molar-refractivity contribution < 1.29 is 13.7 Å². The summed E-state index contributed by atoms with van der Waals surface area (Å²) >= 11 is 0. The zero-order chi connectivity index (χ0) is 13.5. The van der Waals surface area contributed by atoms with Gasteiger partial charge in [-0.2, -0.15) is 0 Å². The zero-order valence-electron chi connectivity index (χ0n) is 10.6. The number of carbonyl (C=O) groups excluding carboxylic acids is 1. The number of rotatable bonds is 6. The highest BCUT2D eigenvalue weighted by Gasteiger charge is 2.11. The molecule has 5 nitrogen and oxygen atoms in total. The smallest absolute Gasteiger partial charge is 0.232 e. The van der Waals surface area contributed by atoms with Crippen LogP contribution in [0.3, 0.4) is 0 Å². The van der Waals surface area contributed by atoms with Crippen molar-refractivity contribution in [2.45, 2.75) is 12.3 Å². The maximum atomic E-state index is 11.8. The van der Waals surface area contributed by atoms with Crippen molar-refractivity contribution in [3.05, 3.63) is 29.3 Å². The van der Waals surface area contributed by atoms with Crippen LogP contribution in [0.15, 0.2) is 18.2 Å². The van der Waals surface area contributed by atoms with Gasteiger partial charge < -0.3 is 15.8 Å². The molecule has 0 saturated carbocycles. The van der Waals surface area contributed by atoms with Crippen molar-refractivity contribution in [1.82, 2.24) is 5.32 Å². The Hall–Kier alpha value is -1.40. The van der Waals surface area contributed by atoms with Crippen molar-refractivity contribution in [3.8, 4) is 5.75 Å². The second-order valence-corrected chi connectivity index (χ2v) is 5.21. The summed E-state index contributed by atoms with van der Waals surface area (Å²) in [4.78, 5) is 11.1. The molecule has 0 aliphatic rings. The molecule has 100 valence electrons. The summed E-state index contributed by atoms with van der Waals surface area (Å²) in [7, 11) is 1.83. The maximum absolute atomic E-state index is 11.8. The Morgan fingerprint density at radius 2 is 2.22 bits per heavy atom. The molecular weight excluding hydrogens is 252 g/mol. The number of methoxy groups -OCH3 is 1. The van der Waals surface area contributed by atoms with Gasteiger partial charge in [-0.15, -0.1) is 0 Å². The summed E-state index contributed by atoms with van der Waals surface area (Å²) in [6.45, 7) is 0.416. The number of benzene rings is 1. The molecule has 0 fully saturated rings. The monoisotopic (exact) mass is 270 g/mol. The Bertz CT molecular complexity index is 449. The van der Waals surface area contributed by atoms with Crippen molar-refractivity contribution >= 4 is 16.7 Å². The molecule has 0 aliphatic carbocycles. The Balaban J connectivity index is 2.81. The normalized spacial score (nSPS) is 11.9. The molecule has 1 aromatic rings. The van der Waals surface area contributed by atoms with E-state index in [1.807, 2.05) is 12.1 Å². The molecule has 1 unspecified atom stereocenters. The van der Waals surface area contributed by atoms with Crippen LogP contribution < -0.4 is 15.8 Å². The number of nitrogens with two attached hydrogens (primary N) is 1. The first-order chi connectivity index (χ1) is 8.60. The van der Waals surface area contributed by atoms with E-state index in [1.54, 1.807) is 13.2 Å². The first-order valence-corrected chi connectivity index (χ1v) is 7.01. The van der Waals surface area contributed by atoms with Crippen LogP contribution in [0.4, 0.5) is 0 Å². The van der Waals surface area contributed by atoms with E-state index in [0.717, 1.165) is 11.1 Å². The summed E-state index contributed by atoms with van der Waals surface area (Å²) in [5, 5.41) is 2.45. The van der Waals surface area contributed by atoms with Gasteiger partial charge in [0.15, 0.2) is 0 Å². The third-order valence-corrected chi connectivity index (χ3v) is 3.69. The lowest BCUT2D eigenvalue weighted by atomic mass is 10.1. The molecule has 0 bridgehead atoms. The Kier molecular flexibility index (Phi) is 5.80. The van der Waals surface area contributed by atoms with Crippen LogP contribution >= 0.6 is 0 Å². The second-order valence-electron chi connectivity index (χ2n) is 3.75. The van der Waals surface area contributed by atoms with Crippen LogP contribution in [0.1, 0.15) is 11.1 Å². The fourth-order valence-electron chi connectivity index (χ4n) is 1.51. The molecule has 0 aliphatic heterocycles. The molecule has 0 heterocycles. The predicted octanol–water partition coefficient (Wildman–Crippen LogP) is 0.149. The number of ether oxygens (including phenoxy) is 1. The highest BCUT2D eigenvalue weighted by Crippen LogP contribution is 2.21. The van der Waals surface area contributed by atoms with Gasteiger partial charge in [-0.1, -0.05) is 6.07 Å². The van der Waals surface area contributed by atoms with E-state index >= 15 is 0 Å². The van der Waals surface area contributed by atoms with Gasteiger partial charge in [0, 0.05) is 30.0 Å². The molecule has 0 spiro atoms. The van der Waals surface area contributed by atoms with Crippen molar-refractivity contribution in [3.63, 3.8) is 0 Å². The lowest BCUT2D eigenvalue weighted by Crippen LogP contribution is -2.24. The number of hydrogen-bond acceptors (Lipinski definition) is 4. The van der Waals surface area contributed by atoms with E-state index in [-0.39, 0.29) is 17.4 Å². The Morgan fingerprint density at radius 3 is 2.78 bits per heavy atom. The van der Waals surface area contributed by atoms with E-state index in [1.165, 1.54) is 7.05 Å².